The third kappa shape index (κ3) is 4.18. The molecule has 0 aliphatic heterocycles. The van der Waals surface area contributed by atoms with Gasteiger partial charge in [0.2, 0.25) is 5.91 Å². The minimum atomic E-state index is -0.858. The van der Waals surface area contributed by atoms with Crippen LogP contribution in [0.15, 0.2) is 23.1 Å². The normalized spacial score (nSPS) is 10.2. The quantitative estimate of drug-likeness (QED) is 0.808. The van der Waals surface area contributed by atoms with Crippen LogP contribution >= 0.6 is 11.8 Å². The number of rotatable bonds is 5. The van der Waals surface area contributed by atoms with Crippen LogP contribution in [0.25, 0.3) is 0 Å². The van der Waals surface area contributed by atoms with Crippen molar-refractivity contribution < 1.29 is 13.6 Å². The van der Waals surface area contributed by atoms with Crippen LogP contribution in [0, 0.1) is 11.6 Å². The first kappa shape index (κ1) is 13.0. The van der Waals surface area contributed by atoms with Gasteiger partial charge in [0.1, 0.15) is 0 Å². The molecule has 0 unspecified atom stereocenters. The van der Waals surface area contributed by atoms with E-state index in [0.717, 1.165) is 12.1 Å². The van der Waals surface area contributed by atoms with Gasteiger partial charge in [-0.3, -0.25) is 4.79 Å². The number of amides is 1. The van der Waals surface area contributed by atoms with Crippen molar-refractivity contribution in [2.24, 2.45) is 0 Å². The lowest BCUT2D eigenvalue weighted by Gasteiger charge is -2.03. The molecule has 1 amide bonds. The third-order valence-corrected chi connectivity index (χ3v) is 2.86. The van der Waals surface area contributed by atoms with E-state index in [1.165, 1.54) is 17.8 Å². The molecule has 1 aromatic rings. The van der Waals surface area contributed by atoms with E-state index in [0.29, 0.717) is 23.6 Å². The van der Waals surface area contributed by atoms with E-state index in [1.807, 2.05) is 6.92 Å². The minimum absolute atomic E-state index is 0.0300. The Balaban J connectivity index is 2.37. The summed E-state index contributed by atoms with van der Waals surface area (Å²) in [5, 5.41) is 2.67. The van der Waals surface area contributed by atoms with Gasteiger partial charge in [0.05, 0.1) is 0 Å². The zero-order chi connectivity index (χ0) is 12.0. The summed E-state index contributed by atoms with van der Waals surface area (Å²) in [7, 11) is 0. The van der Waals surface area contributed by atoms with Crippen molar-refractivity contribution in [1.29, 1.82) is 0 Å². The summed E-state index contributed by atoms with van der Waals surface area (Å²) in [6, 6.07) is 3.72. The van der Waals surface area contributed by atoms with Crippen molar-refractivity contribution in [2.75, 3.05) is 12.3 Å². The molecular formula is C11H13F2NOS. The number of hydrogen-bond acceptors (Lipinski definition) is 2. The van der Waals surface area contributed by atoms with Gasteiger partial charge >= 0.3 is 0 Å². The van der Waals surface area contributed by atoms with E-state index in [1.54, 1.807) is 0 Å². The average Bonchev–Trinajstić information content (AvgIpc) is 2.24. The molecule has 2 nitrogen and oxygen atoms in total. The van der Waals surface area contributed by atoms with Crippen LogP contribution in [0.1, 0.15) is 13.3 Å². The van der Waals surface area contributed by atoms with Crippen LogP contribution in [0.2, 0.25) is 0 Å². The largest absolute Gasteiger partial charge is 0.356 e. The Morgan fingerprint density at radius 3 is 2.75 bits per heavy atom. The molecule has 0 aliphatic carbocycles. The number of benzene rings is 1. The molecular weight excluding hydrogens is 232 g/mol. The average molecular weight is 245 g/mol. The van der Waals surface area contributed by atoms with Gasteiger partial charge in [-0.2, -0.15) is 0 Å². The highest BCUT2D eigenvalue weighted by atomic mass is 32.2. The van der Waals surface area contributed by atoms with Gasteiger partial charge in [0.15, 0.2) is 11.6 Å². The fraction of sp³-hybridized carbons (Fsp3) is 0.364. The third-order valence-electron chi connectivity index (χ3n) is 1.86. The van der Waals surface area contributed by atoms with Crippen LogP contribution in [0.5, 0.6) is 0 Å². The maximum absolute atomic E-state index is 12.8. The van der Waals surface area contributed by atoms with Gasteiger partial charge in [-0.25, -0.2) is 8.78 Å². The molecule has 0 aromatic heterocycles. The Hall–Kier alpha value is -1.10. The first-order valence-electron chi connectivity index (χ1n) is 4.98. The van der Waals surface area contributed by atoms with E-state index in [-0.39, 0.29) is 5.91 Å². The second-order valence-corrected chi connectivity index (χ2v) is 4.30. The maximum Gasteiger partial charge on any atom is 0.220 e. The number of nitrogens with one attached hydrogen (secondary N) is 1. The van der Waals surface area contributed by atoms with Gasteiger partial charge in [-0.1, -0.05) is 0 Å². The van der Waals surface area contributed by atoms with E-state index >= 15 is 0 Å². The van der Waals surface area contributed by atoms with Crippen LogP contribution in [0.3, 0.4) is 0 Å². The Morgan fingerprint density at radius 1 is 1.38 bits per heavy atom. The standard InChI is InChI=1S/C11H13F2NOS/c1-2-14-11(15)5-6-16-8-3-4-9(12)10(13)7-8/h3-4,7H,2,5-6H2,1H3,(H,14,15). The lowest BCUT2D eigenvalue weighted by molar-refractivity contribution is -0.120. The summed E-state index contributed by atoms with van der Waals surface area (Å²) in [6.45, 7) is 2.45. The van der Waals surface area contributed by atoms with Crippen LogP contribution < -0.4 is 5.32 Å². The predicted octanol–water partition coefficient (Wildman–Crippen LogP) is 2.58. The van der Waals surface area contributed by atoms with Crippen molar-refractivity contribution in [2.45, 2.75) is 18.2 Å². The van der Waals surface area contributed by atoms with Gasteiger partial charge in [0, 0.05) is 23.6 Å². The lowest BCUT2D eigenvalue weighted by Crippen LogP contribution is -2.22. The highest BCUT2D eigenvalue weighted by molar-refractivity contribution is 7.99. The predicted molar refractivity (Wildman–Crippen MR) is 60.4 cm³/mol. The topological polar surface area (TPSA) is 29.1 Å². The summed E-state index contributed by atoms with van der Waals surface area (Å²) in [4.78, 5) is 11.7. The fourth-order valence-electron chi connectivity index (χ4n) is 1.11. The highest BCUT2D eigenvalue weighted by Crippen LogP contribution is 2.20. The van der Waals surface area contributed by atoms with E-state index in [4.69, 9.17) is 0 Å². The molecule has 0 aliphatic rings. The second-order valence-electron chi connectivity index (χ2n) is 3.13. The van der Waals surface area contributed by atoms with Crippen molar-refractivity contribution in [3.63, 3.8) is 0 Å². The number of carbonyl (C=O) groups is 1. The summed E-state index contributed by atoms with van der Waals surface area (Å²) in [6.07, 6.45) is 0.373. The Labute approximate surface area is 97.4 Å². The smallest absolute Gasteiger partial charge is 0.220 e. The number of hydrogen-bond donors (Lipinski definition) is 1. The Morgan fingerprint density at radius 2 is 2.12 bits per heavy atom. The molecule has 0 radical (unpaired) electrons. The maximum atomic E-state index is 12.8. The Kier molecular flexibility index (Phi) is 5.25. The molecule has 16 heavy (non-hydrogen) atoms. The minimum Gasteiger partial charge on any atom is -0.356 e. The molecule has 0 bridgehead atoms. The van der Waals surface area contributed by atoms with Crippen LogP contribution in [-0.2, 0) is 4.79 Å². The molecule has 0 heterocycles. The number of halogens is 2. The fourth-order valence-corrected chi connectivity index (χ4v) is 1.99. The molecule has 0 spiro atoms. The van der Waals surface area contributed by atoms with Crippen molar-refractivity contribution in [3.05, 3.63) is 29.8 Å². The number of carbonyl (C=O) groups excluding carboxylic acids is 1. The van der Waals surface area contributed by atoms with E-state index in [2.05, 4.69) is 5.32 Å². The molecule has 5 heteroatoms. The van der Waals surface area contributed by atoms with Gasteiger partial charge in [-0.05, 0) is 25.1 Å². The van der Waals surface area contributed by atoms with E-state index in [9.17, 15) is 13.6 Å². The summed E-state index contributed by atoms with van der Waals surface area (Å²) in [5.74, 6) is -1.19. The van der Waals surface area contributed by atoms with E-state index < -0.39 is 11.6 Å². The summed E-state index contributed by atoms with van der Waals surface area (Å²) < 4.78 is 25.4. The highest BCUT2D eigenvalue weighted by Gasteiger charge is 2.04. The molecule has 0 atom stereocenters. The lowest BCUT2D eigenvalue weighted by atomic mass is 10.3. The molecule has 0 saturated heterocycles. The van der Waals surface area contributed by atoms with Crippen molar-refractivity contribution in [3.8, 4) is 0 Å². The number of thioether (sulfide) groups is 1. The van der Waals surface area contributed by atoms with Gasteiger partial charge in [-0.15, -0.1) is 11.8 Å². The van der Waals surface area contributed by atoms with Gasteiger partial charge in [0.25, 0.3) is 0 Å². The zero-order valence-electron chi connectivity index (χ0n) is 8.93. The molecule has 0 fully saturated rings. The van der Waals surface area contributed by atoms with Gasteiger partial charge < -0.3 is 5.32 Å². The first-order valence-corrected chi connectivity index (χ1v) is 5.96. The second kappa shape index (κ2) is 6.48. The zero-order valence-corrected chi connectivity index (χ0v) is 9.74. The van der Waals surface area contributed by atoms with Crippen LogP contribution in [0.4, 0.5) is 8.78 Å². The first-order chi connectivity index (χ1) is 7.63. The molecule has 0 saturated carbocycles. The van der Waals surface area contributed by atoms with Crippen LogP contribution in [-0.4, -0.2) is 18.2 Å². The van der Waals surface area contributed by atoms with Crippen molar-refractivity contribution in [1.82, 2.24) is 5.32 Å². The SMILES string of the molecule is CCNC(=O)CCSc1ccc(F)c(F)c1. The summed E-state index contributed by atoms with van der Waals surface area (Å²) in [5.41, 5.74) is 0. The molecule has 88 valence electrons. The summed E-state index contributed by atoms with van der Waals surface area (Å²) >= 11 is 1.33. The Bertz CT molecular complexity index is 371. The monoisotopic (exact) mass is 245 g/mol. The molecule has 1 N–H and O–H groups in total. The molecule has 1 aromatic carbocycles. The molecule has 1 rings (SSSR count). The van der Waals surface area contributed by atoms with Crippen molar-refractivity contribution >= 4 is 17.7 Å².